The van der Waals surface area contributed by atoms with Gasteiger partial charge in [0.05, 0.1) is 11.0 Å². The van der Waals surface area contributed by atoms with Crippen molar-refractivity contribution in [1.29, 1.82) is 0 Å². The number of rotatable bonds is 4. The number of aromatic carboxylic acids is 1. The van der Waals surface area contributed by atoms with Gasteiger partial charge in [-0.3, -0.25) is 10.1 Å². The molecular weight excluding hydrogens is 285 g/mol. The number of nitro groups is 1. The SMILES string of the molecule is O=C(O)c1cc(Sc2ccccc2)c(F)cc1[N+](=O)[O-]. The number of carboxylic acid groups (broad SMARTS) is 1. The van der Waals surface area contributed by atoms with E-state index in [1.807, 2.05) is 0 Å². The molecule has 2 aromatic carbocycles. The molecule has 0 atom stereocenters. The summed E-state index contributed by atoms with van der Waals surface area (Å²) in [7, 11) is 0. The Morgan fingerprint density at radius 1 is 1.25 bits per heavy atom. The first-order valence-electron chi connectivity index (χ1n) is 5.43. The van der Waals surface area contributed by atoms with E-state index in [1.165, 1.54) is 0 Å². The van der Waals surface area contributed by atoms with E-state index in [2.05, 4.69) is 0 Å². The van der Waals surface area contributed by atoms with Gasteiger partial charge in [0, 0.05) is 9.79 Å². The zero-order chi connectivity index (χ0) is 14.7. The summed E-state index contributed by atoms with van der Waals surface area (Å²) >= 11 is 1.01. The third-order valence-electron chi connectivity index (χ3n) is 2.45. The van der Waals surface area contributed by atoms with Crippen molar-refractivity contribution in [2.75, 3.05) is 0 Å². The molecule has 0 unspecified atom stereocenters. The molecule has 0 heterocycles. The van der Waals surface area contributed by atoms with Crippen LogP contribution in [-0.2, 0) is 0 Å². The van der Waals surface area contributed by atoms with Crippen LogP contribution >= 0.6 is 11.8 Å². The molecule has 2 aromatic rings. The maximum atomic E-state index is 13.8. The van der Waals surface area contributed by atoms with E-state index in [0.717, 1.165) is 17.8 Å². The summed E-state index contributed by atoms with van der Waals surface area (Å²) in [5, 5.41) is 19.7. The van der Waals surface area contributed by atoms with E-state index in [9.17, 15) is 19.3 Å². The number of nitro benzene ring substituents is 1. The fourth-order valence-corrected chi connectivity index (χ4v) is 2.44. The first kappa shape index (κ1) is 14.0. The summed E-state index contributed by atoms with van der Waals surface area (Å²) in [6, 6.07) is 10.4. The molecule has 0 radical (unpaired) electrons. The largest absolute Gasteiger partial charge is 0.477 e. The number of carboxylic acids is 1. The normalized spacial score (nSPS) is 10.2. The highest BCUT2D eigenvalue weighted by molar-refractivity contribution is 7.99. The molecule has 7 heteroatoms. The summed E-state index contributed by atoms with van der Waals surface area (Å²) in [6.45, 7) is 0. The Morgan fingerprint density at radius 2 is 1.90 bits per heavy atom. The average Bonchev–Trinajstić information content (AvgIpc) is 2.41. The molecule has 0 aliphatic heterocycles. The molecular formula is C13H8FNO4S. The van der Waals surface area contributed by atoms with Crippen LogP contribution in [-0.4, -0.2) is 16.0 Å². The van der Waals surface area contributed by atoms with Crippen molar-refractivity contribution in [2.24, 2.45) is 0 Å². The zero-order valence-corrected chi connectivity index (χ0v) is 10.8. The highest BCUT2D eigenvalue weighted by Gasteiger charge is 2.23. The molecule has 0 aliphatic carbocycles. The van der Waals surface area contributed by atoms with E-state index in [0.29, 0.717) is 11.0 Å². The fraction of sp³-hybridized carbons (Fsp3) is 0. The Kier molecular flexibility index (Phi) is 3.99. The molecule has 0 amide bonds. The first-order valence-corrected chi connectivity index (χ1v) is 6.25. The molecule has 0 spiro atoms. The van der Waals surface area contributed by atoms with Gasteiger partial charge in [-0.2, -0.15) is 0 Å². The minimum atomic E-state index is -1.47. The Balaban J connectivity index is 2.47. The fourth-order valence-electron chi connectivity index (χ4n) is 1.56. The molecule has 5 nitrogen and oxygen atoms in total. The molecule has 0 saturated carbocycles. The molecule has 1 N–H and O–H groups in total. The minimum Gasteiger partial charge on any atom is -0.477 e. The lowest BCUT2D eigenvalue weighted by atomic mass is 10.2. The quantitative estimate of drug-likeness (QED) is 0.688. The second kappa shape index (κ2) is 5.70. The molecule has 102 valence electrons. The molecule has 0 aromatic heterocycles. The predicted molar refractivity (Wildman–Crippen MR) is 70.6 cm³/mol. The van der Waals surface area contributed by atoms with Gasteiger partial charge in [-0.15, -0.1) is 0 Å². The number of hydrogen-bond acceptors (Lipinski definition) is 4. The summed E-state index contributed by atoms with van der Waals surface area (Å²) in [6.07, 6.45) is 0. The van der Waals surface area contributed by atoms with Gasteiger partial charge in [0.25, 0.3) is 5.69 Å². The maximum Gasteiger partial charge on any atom is 0.342 e. The van der Waals surface area contributed by atoms with Gasteiger partial charge in [0.1, 0.15) is 11.4 Å². The molecule has 0 aliphatic rings. The maximum absolute atomic E-state index is 13.8. The molecule has 0 saturated heterocycles. The monoisotopic (exact) mass is 293 g/mol. The Morgan fingerprint density at radius 3 is 2.45 bits per heavy atom. The van der Waals surface area contributed by atoms with Crippen LogP contribution in [0.4, 0.5) is 10.1 Å². The van der Waals surface area contributed by atoms with Gasteiger partial charge >= 0.3 is 5.97 Å². The van der Waals surface area contributed by atoms with Crippen LogP contribution in [0.25, 0.3) is 0 Å². The predicted octanol–water partition coefficient (Wildman–Crippen LogP) is 3.58. The second-order valence-corrected chi connectivity index (χ2v) is 4.89. The lowest BCUT2D eigenvalue weighted by Gasteiger charge is -2.05. The van der Waals surface area contributed by atoms with E-state index in [-0.39, 0.29) is 4.90 Å². The van der Waals surface area contributed by atoms with Crippen molar-refractivity contribution in [3.63, 3.8) is 0 Å². The third-order valence-corrected chi connectivity index (χ3v) is 3.49. The standard InChI is InChI=1S/C13H8FNO4S/c14-10-7-11(15(18)19)9(13(16)17)6-12(10)20-8-4-2-1-3-5-8/h1-7H,(H,16,17). The van der Waals surface area contributed by atoms with Crippen molar-refractivity contribution >= 4 is 23.4 Å². The molecule has 0 fully saturated rings. The van der Waals surface area contributed by atoms with E-state index in [1.54, 1.807) is 30.3 Å². The van der Waals surface area contributed by atoms with Crippen LogP contribution in [0.2, 0.25) is 0 Å². The Bertz CT molecular complexity index is 676. The van der Waals surface area contributed by atoms with Crippen LogP contribution in [0.1, 0.15) is 10.4 Å². The highest BCUT2D eigenvalue weighted by atomic mass is 32.2. The van der Waals surface area contributed by atoms with Crippen molar-refractivity contribution in [3.05, 3.63) is 64.0 Å². The van der Waals surface area contributed by atoms with Crippen molar-refractivity contribution in [3.8, 4) is 0 Å². The summed E-state index contributed by atoms with van der Waals surface area (Å²) in [4.78, 5) is 21.5. The Labute approximate surface area is 117 Å². The summed E-state index contributed by atoms with van der Waals surface area (Å²) < 4.78 is 13.8. The van der Waals surface area contributed by atoms with Crippen LogP contribution in [0.3, 0.4) is 0 Å². The topological polar surface area (TPSA) is 80.4 Å². The smallest absolute Gasteiger partial charge is 0.342 e. The lowest BCUT2D eigenvalue weighted by Crippen LogP contribution is -2.04. The van der Waals surface area contributed by atoms with Gasteiger partial charge in [-0.05, 0) is 18.2 Å². The third kappa shape index (κ3) is 2.94. The van der Waals surface area contributed by atoms with Crippen LogP contribution in [0.5, 0.6) is 0 Å². The van der Waals surface area contributed by atoms with Crippen molar-refractivity contribution in [2.45, 2.75) is 9.79 Å². The number of carbonyl (C=O) groups is 1. The van der Waals surface area contributed by atoms with Gasteiger partial charge in [0.2, 0.25) is 0 Å². The average molecular weight is 293 g/mol. The zero-order valence-electron chi connectivity index (χ0n) is 9.95. The first-order chi connectivity index (χ1) is 9.49. The van der Waals surface area contributed by atoms with Crippen LogP contribution in [0.15, 0.2) is 52.3 Å². The van der Waals surface area contributed by atoms with Gasteiger partial charge in [0.15, 0.2) is 0 Å². The van der Waals surface area contributed by atoms with Gasteiger partial charge in [-0.25, -0.2) is 9.18 Å². The number of hydrogen-bond donors (Lipinski definition) is 1. The Hall–Kier alpha value is -2.41. The van der Waals surface area contributed by atoms with Gasteiger partial charge < -0.3 is 5.11 Å². The van der Waals surface area contributed by atoms with Gasteiger partial charge in [-0.1, -0.05) is 30.0 Å². The van der Waals surface area contributed by atoms with Crippen molar-refractivity contribution < 1.29 is 19.2 Å². The van der Waals surface area contributed by atoms with Crippen molar-refractivity contribution in [1.82, 2.24) is 0 Å². The number of halogens is 1. The molecule has 2 rings (SSSR count). The molecule has 20 heavy (non-hydrogen) atoms. The van der Waals surface area contributed by atoms with Crippen LogP contribution in [0, 0.1) is 15.9 Å². The minimum absolute atomic E-state index is 0.0270. The van der Waals surface area contributed by atoms with E-state index >= 15 is 0 Å². The molecule has 0 bridgehead atoms. The second-order valence-electron chi connectivity index (χ2n) is 3.78. The van der Waals surface area contributed by atoms with E-state index < -0.39 is 28.0 Å². The lowest BCUT2D eigenvalue weighted by molar-refractivity contribution is -0.385. The summed E-state index contributed by atoms with van der Waals surface area (Å²) in [5.74, 6) is -2.29. The summed E-state index contributed by atoms with van der Waals surface area (Å²) in [5.41, 5.74) is -1.29. The number of benzene rings is 2. The highest BCUT2D eigenvalue weighted by Crippen LogP contribution is 2.33. The van der Waals surface area contributed by atoms with E-state index in [4.69, 9.17) is 5.11 Å². The van der Waals surface area contributed by atoms with Crippen LogP contribution < -0.4 is 0 Å². The number of nitrogens with zero attached hydrogens (tertiary/aromatic N) is 1.